The van der Waals surface area contributed by atoms with Gasteiger partial charge in [0.25, 0.3) is 0 Å². The summed E-state index contributed by atoms with van der Waals surface area (Å²) in [5.41, 5.74) is 1.80. The van der Waals surface area contributed by atoms with Crippen LogP contribution in [0.5, 0.6) is 0 Å². The third-order valence-electron chi connectivity index (χ3n) is 4.47. The van der Waals surface area contributed by atoms with Crippen LogP contribution in [0.2, 0.25) is 0 Å². The van der Waals surface area contributed by atoms with E-state index in [9.17, 15) is 4.79 Å². The van der Waals surface area contributed by atoms with E-state index in [0.717, 1.165) is 55.4 Å². The first kappa shape index (κ1) is 17.3. The van der Waals surface area contributed by atoms with Crippen LogP contribution in [0, 0.1) is 12.8 Å². The Hall–Kier alpha value is -2.57. The Morgan fingerprint density at radius 1 is 1.20 bits per heavy atom. The van der Waals surface area contributed by atoms with Crippen molar-refractivity contribution in [2.75, 3.05) is 18.0 Å². The van der Waals surface area contributed by atoms with E-state index in [1.54, 1.807) is 6.20 Å². The summed E-state index contributed by atoms with van der Waals surface area (Å²) < 4.78 is 0. The quantitative estimate of drug-likeness (QED) is 0.891. The summed E-state index contributed by atoms with van der Waals surface area (Å²) in [6, 6.07) is 1.98. The molecular formula is C18H24N6O. The number of nitrogens with zero attached hydrogens (tertiary/aromatic N) is 5. The van der Waals surface area contributed by atoms with Gasteiger partial charge in [0.15, 0.2) is 0 Å². The number of aryl methyl sites for hydroxylation is 1. The number of rotatable bonds is 5. The Labute approximate surface area is 147 Å². The topological polar surface area (TPSA) is 83.9 Å². The maximum Gasteiger partial charge on any atom is 0.217 e. The lowest BCUT2D eigenvalue weighted by molar-refractivity contribution is -0.119. The minimum absolute atomic E-state index is 0.0588. The largest absolute Gasteiger partial charge is 0.356 e. The fraction of sp³-hybridized carbons (Fsp3) is 0.500. The summed E-state index contributed by atoms with van der Waals surface area (Å²) in [5.74, 6) is 2.40. The first-order valence-corrected chi connectivity index (χ1v) is 8.69. The lowest BCUT2D eigenvalue weighted by Gasteiger charge is -2.32. The summed E-state index contributed by atoms with van der Waals surface area (Å²) >= 11 is 0. The maximum absolute atomic E-state index is 10.9. The van der Waals surface area contributed by atoms with E-state index in [2.05, 4.69) is 30.2 Å². The normalized spacial score (nSPS) is 15.2. The van der Waals surface area contributed by atoms with E-state index in [4.69, 9.17) is 0 Å². The number of carbonyl (C=O) groups excluding carboxylic acids is 1. The summed E-state index contributed by atoms with van der Waals surface area (Å²) in [6.07, 6.45) is 8.60. The lowest BCUT2D eigenvalue weighted by Crippen LogP contribution is -2.35. The molecule has 1 saturated heterocycles. The predicted octanol–water partition coefficient (Wildman–Crippen LogP) is 1.67. The highest BCUT2D eigenvalue weighted by Crippen LogP contribution is 2.24. The Kier molecular flexibility index (Phi) is 5.53. The number of amides is 1. The van der Waals surface area contributed by atoms with Crippen LogP contribution in [0.1, 0.15) is 37.0 Å². The summed E-state index contributed by atoms with van der Waals surface area (Å²) in [7, 11) is 0. The van der Waals surface area contributed by atoms with Gasteiger partial charge in [0.05, 0.1) is 24.1 Å². The molecule has 1 amide bonds. The fourth-order valence-corrected chi connectivity index (χ4v) is 3.08. The van der Waals surface area contributed by atoms with Gasteiger partial charge in [-0.2, -0.15) is 0 Å². The van der Waals surface area contributed by atoms with Gasteiger partial charge in [-0.25, -0.2) is 9.97 Å². The van der Waals surface area contributed by atoms with Gasteiger partial charge in [-0.05, 0) is 38.2 Å². The SMILES string of the molecule is CC(=O)NCc1cnc(CC2CCN(c3ccnc(C)n3)CC2)cn1. The molecule has 25 heavy (non-hydrogen) atoms. The van der Waals surface area contributed by atoms with Crippen molar-refractivity contribution < 1.29 is 4.79 Å². The average molecular weight is 340 g/mol. The van der Waals surface area contributed by atoms with Gasteiger partial charge in [-0.15, -0.1) is 0 Å². The summed E-state index contributed by atoms with van der Waals surface area (Å²) in [4.78, 5) is 30.8. The van der Waals surface area contributed by atoms with Crippen molar-refractivity contribution in [3.8, 4) is 0 Å². The number of aromatic nitrogens is 4. The fourth-order valence-electron chi connectivity index (χ4n) is 3.08. The zero-order valence-corrected chi connectivity index (χ0v) is 14.8. The number of piperidine rings is 1. The minimum atomic E-state index is -0.0588. The van der Waals surface area contributed by atoms with Crippen LogP contribution in [-0.4, -0.2) is 38.9 Å². The standard InChI is InChI=1S/C18H24N6O/c1-13-19-6-3-18(23-13)24-7-4-15(5-8-24)9-16-10-22-17(12-21-16)11-20-14(2)25/h3,6,10,12,15H,4-5,7-9,11H2,1-2H3,(H,20,25). The second-order valence-corrected chi connectivity index (χ2v) is 6.51. The molecule has 1 N–H and O–H groups in total. The molecule has 0 unspecified atom stereocenters. The second kappa shape index (κ2) is 8.00. The third-order valence-corrected chi connectivity index (χ3v) is 4.47. The molecule has 1 aliphatic rings. The molecule has 0 atom stereocenters. The van der Waals surface area contributed by atoms with E-state index in [-0.39, 0.29) is 5.91 Å². The molecule has 3 rings (SSSR count). The molecule has 132 valence electrons. The van der Waals surface area contributed by atoms with Crippen molar-refractivity contribution in [3.05, 3.63) is 41.9 Å². The van der Waals surface area contributed by atoms with Gasteiger partial charge in [-0.1, -0.05) is 0 Å². The highest BCUT2D eigenvalue weighted by molar-refractivity contribution is 5.72. The van der Waals surface area contributed by atoms with E-state index < -0.39 is 0 Å². The van der Waals surface area contributed by atoms with Crippen LogP contribution >= 0.6 is 0 Å². The first-order chi connectivity index (χ1) is 12.1. The van der Waals surface area contributed by atoms with Crippen LogP contribution in [0.3, 0.4) is 0 Å². The molecular weight excluding hydrogens is 316 g/mol. The molecule has 0 aliphatic carbocycles. The highest BCUT2D eigenvalue weighted by Gasteiger charge is 2.21. The molecule has 3 heterocycles. The third kappa shape index (κ3) is 4.95. The van der Waals surface area contributed by atoms with E-state index >= 15 is 0 Å². The van der Waals surface area contributed by atoms with Gasteiger partial charge < -0.3 is 10.2 Å². The van der Waals surface area contributed by atoms with E-state index in [0.29, 0.717) is 12.5 Å². The first-order valence-electron chi connectivity index (χ1n) is 8.69. The minimum Gasteiger partial charge on any atom is -0.356 e. The van der Waals surface area contributed by atoms with Crippen LogP contribution in [0.4, 0.5) is 5.82 Å². The molecule has 2 aromatic heterocycles. The number of anilines is 1. The van der Waals surface area contributed by atoms with E-state index in [1.807, 2.05) is 25.4 Å². The molecule has 7 nitrogen and oxygen atoms in total. The lowest BCUT2D eigenvalue weighted by atomic mass is 9.92. The molecule has 7 heteroatoms. The molecule has 2 aromatic rings. The Bertz CT molecular complexity index is 710. The highest BCUT2D eigenvalue weighted by atomic mass is 16.1. The van der Waals surface area contributed by atoms with Crippen LogP contribution in [-0.2, 0) is 17.8 Å². The molecule has 1 aliphatic heterocycles. The number of hydrogen-bond donors (Lipinski definition) is 1. The van der Waals surface area contributed by atoms with Gasteiger partial charge >= 0.3 is 0 Å². The maximum atomic E-state index is 10.9. The van der Waals surface area contributed by atoms with Crippen molar-refractivity contribution in [2.45, 2.75) is 39.7 Å². The molecule has 0 radical (unpaired) electrons. The van der Waals surface area contributed by atoms with Crippen molar-refractivity contribution in [1.29, 1.82) is 0 Å². The van der Waals surface area contributed by atoms with Gasteiger partial charge in [0.2, 0.25) is 5.91 Å². The zero-order valence-electron chi connectivity index (χ0n) is 14.8. The Morgan fingerprint density at radius 2 is 1.92 bits per heavy atom. The number of carbonyl (C=O) groups is 1. The van der Waals surface area contributed by atoms with Gasteiger partial charge in [0.1, 0.15) is 11.6 Å². The van der Waals surface area contributed by atoms with Crippen LogP contribution in [0.25, 0.3) is 0 Å². The van der Waals surface area contributed by atoms with Crippen molar-refractivity contribution >= 4 is 11.7 Å². The van der Waals surface area contributed by atoms with Crippen molar-refractivity contribution in [3.63, 3.8) is 0 Å². The average Bonchev–Trinajstić information content (AvgIpc) is 2.62. The summed E-state index contributed by atoms with van der Waals surface area (Å²) in [5, 5.41) is 2.73. The zero-order chi connectivity index (χ0) is 17.6. The second-order valence-electron chi connectivity index (χ2n) is 6.51. The van der Waals surface area contributed by atoms with Gasteiger partial charge in [-0.3, -0.25) is 14.8 Å². The Morgan fingerprint density at radius 3 is 2.56 bits per heavy atom. The van der Waals surface area contributed by atoms with Crippen LogP contribution < -0.4 is 10.2 Å². The molecule has 0 spiro atoms. The van der Waals surface area contributed by atoms with Crippen molar-refractivity contribution in [1.82, 2.24) is 25.3 Å². The molecule has 0 aromatic carbocycles. The van der Waals surface area contributed by atoms with E-state index in [1.165, 1.54) is 6.92 Å². The van der Waals surface area contributed by atoms with Crippen LogP contribution in [0.15, 0.2) is 24.7 Å². The predicted molar refractivity (Wildman–Crippen MR) is 95.0 cm³/mol. The van der Waals surface area contributed by atoms with Crippen molar-refractivity contribution in [2.24, 2.45) is 5.92 Å². The number of hydrogen-bond acceptors (Lipinski definition) is 6. The monoisotopic (exact) mass is 340 g/mol. The number of nitrogens with one attached hydrogen (secondary N) is 1. The smallest absolute Gasteiger partial charge is 0.217 e. The van der Waals surface area contributed by atoms with Gasteiger partial charge in [0, 0.05) is 32.4 Å². The molecule has 0 saturated carbocycles. The summed E-state index contributed by atoms with van der Waals surface area (Å²) in [6.45, 7) is 5.87. The Balaban J connectivity index is 1.49. The molecule has 0 bridgehead atoms. The molecule has 1 fully saturated rings.